The zero-order chi connectivity index (χ0) is 12.1. The van der Waals surface area contributed by atoms with Crippen LogP contribution in [0.25, 0.3) is 0 Å². The van der Waals surface area contributed by atoms with E-state index in [-0.39, 0.29) is 17.2 Å². The summed E-state index contributed by atoms with van der Waals surface area (Å²) in [6.45, 7) is 0. The van der Waals surface area contributed by atoms with E-state index in [9.17, 15) is 14.7 Å². The molecule has 1 atom stereocenters. The molecule has 0 heterocycles. The molecule has 1 amide bonds. The number of carbonyl (C=O) groups is 2. The van der Waals surface area contributed by atoms with Gasteiger partial charge in [-0.3, -0.25) is 4.79 Å². The predicted octanol–water partition coefficient (Wildman–Crippen LogP) is 0.873. The molecule has 0 aliphatic heterocycles. The first-order valence-corrected chi connectivity index (χ1v) is 4.95. The summed E-state index contributed by atoms with van der Waals surface area (Å²) in [6, 6.07) is 4.46. The summed E-state index contributed by atoms with van der Waals surface area (Å²) >= 11 is 5.27. The van der Waals surface area contributed by atoms with Gasteiger partial charge >= 0.3 is 5.97 Å². The van der Waals surface area contributed by atoms with Crippen LogP contribution >= 0.6 is 11.6 Å². The monoisotopic (exact) mass is 243 g/mol. The molecule has 1 rings (SSSR count). The summed E-state index contributed by atoms with van der Waals surface area (Å²) in [7, 11) is 0. The molecule has 0 bridgehead atoms. The fraction of sp³-hybridized carbons (Fsp3) is 0.200. The zero-order valence-corrected chi connectivity index (χ0v) is 8.94. The Kier molecular flexibility index (Phi) is 4.13. The molecule has 0 aliphatic carbocycles. The van der Waals surface area contributed by atoms with Gasteiger partial charge in [0.25, 0.3) is 0 Å². The van der Waals surface area contributed by atoms with Crippen LogP contribution in [0.2, 0.25) is 0 Å². The molecule has 0 spiro atoms. The molecule has 3 N–H and O–H groups in total. The summed E-state index contributed by atoms with van der Waals surface area (Å²) in [5.41, 5.74) is 0.283. The summed E-state index contributed by atoms with van der Waals surface area (Å²) in [4.78, 5) is 21.9. The van der Waals surface area contributed by atoms with Crippen LogP contribution in [-0.2, 0) is 9.59 Å². The average Bonchev–Trinajstić information content (AvgIpc) is 2.25. The van der Waals surface area contributed by atoms with Crippen molar-refractivity contribution in [3.05, 3.63) is 29.8 Å². The molecule has 1 unspecified atom stereocenters. The lowest BCUT2D eigenvalue weighted by Gasteiger charge is -2.14. The molecule has 0 aliphatic rings. The van der Waals surface area contributed by atoms with Crippen molar-refractivity contribution < 1.29 is 19.8 Å². The molecule has 0 saturated carbocycles. The number of carboxylic acid groups (broad SMARTS) is 1. The lowest BCUT2D eigenvalue weighted by atomic mass is 10.1. The predicted molar refractivity (Wildman–Crippen MR) is 57.3 cm³/mol. The van der Waals surface area contributed by atoms with E-state index in [2.05, 4.69) is 5.32 Å². The Morgan fingerprint density at radius 2 is 2.12 bits per heavy atom. The van der Waals surface area contributed by atoms with Crippen LogP contribution in [0.15, 0.2) is 24.3 Å². The first kappa shape index (κ1) is 12.3. The molecule has 16 heavy (non-hydrogen) atoms. The van der Waals surface area contributed by atoms with E-state index in [0.717, 1.165) is 0 Å². The molecule has 0 fully saturated rings. The third-order valence-corrected chi connectivity index (χ3v) is 2.12. The number of phenolic OH excluding ortho intramolecular Hbond substituents is 1. The Balaban J connectivity index is 2.94. The summed E-state index contributed by atoms with van der Waals surface area (Å²) in [5.74, 6) is -2.19. The Morgan fingerprint density at radius 1 is 1.44 bits per heavy atom. The molecular weight excluding hydrogens is 234 g/mol. The first-order chi connectivity index (χ1) is 7.54. The highest BCUT2D eigenvalue weighted by Gasteiger charge is 2.21. The van der Waals surface area contributed by atoms with Gasteiger partial charge in [0.2, 0.25) is 5.91 Å². The van der Waals surface area contributed by atoms with E-state index in [1.807, 2.05) is 0 Å². The number of alkyl halides is 1. The van der Waals surface area contributed by atoms with E-state index in [4.69, 9.17) is 16.7 Å². The SMILES string of the molecule is O=C(CCl)NC(C(=O)O)c1cccc(O)c1. The van der Waals surface area contributed by atoms with Gasteiger partial charge in [0.05, 0.1) is 0 Å². The first-order valence-electron chi connectivity index (χ1n) is 4.41. The topological polar surface area (TPSA) is 86.6 Å². The second-order valence-electron chi connectivity index (χ2n) is 3.07. The number of aliphatic carboxylic acids is 1. The molecule has 0 radical (unpaired) electrons. The number of carboxylic acids is 1. The van der Waals surface area contributed by atoms with E-state index in [0.29, 0.717) is 0 Å². The quantitative estimate of drug-likeness (QED) is 0.685. The minimum Gasteiger partial charge on any atom is -0.508 e. The number of hydrogen-bond acceptors (Lipinski definition) is 3. The Bertz CT molecular complexity index is 408. The number of rotatable bonds is 4. The van der Waals surface area contributed by atoms with Gasteiger partial charge in [0.1, 0.15) is 11.6 Å². The number of nitrogens with one attached hydrogen (secondary N) is 1. The van der Waals surface area contributed by atoms with Crippen molar-refractivity contribution in [1.82, 2.24) is 5.32 Å². The summed E-state index contributed by atoms with van der Waals surface area (Å²) in [6.07, 6.45) is 0. The number of aromatic hydroxyl groups is 1. The van der Waals surface area contributed by atoms with Gasteiger partial charge in [-0.15, -0.1) is 11.6 Å². The van der Waals surface area contributed by atoms with Crippen LogP contribution in [0.5, 0.6) is 5.75 Å². The van der Waals surface area contributed by atoms with Gasteiger partial charge in [-0.25, -0.2) is 4.79 Å². The number of amides is 1. The number of phenols is 1. The highest BCUT2D eigenvalue weighted by Crippen LogP contribution is 2.18. The average molecular weight is 244 g/mol. The molecule has 86 valence electrons. The van der Waals surface area contributed by atoms with Crippen molar-refractivity contribution in [3.8, 4) is 5.75 Å². The van der Waals surface area contributed by atoms with Crippen LogP contribution in [0.4, 0.5) is 0 Å². The normalized spacial score (nSPS) is 11.8. The number of halogens is 1. The van der Waals surface area contributed by atoms with E-state index in [1.165, 1.54) is 24.3 Å². The molecule has 0 saturated heterocycles. The van der Waals surface area contributed by atoms with E-state index in [1.54, 1.807) is 0 Å². The third kappa shape index (κ3) is 3.13. The maximum Gasteiger partial charge on any atom is 0.330 e. The maximum atomic E-state index is 11.0. The Morgan fingerprint density at radius 3 is 2.62 bits per heavy atom. The Hall–Kier alpha value is -1.75. The molecule has 0 aromatic heterocycles. The summed E-state index contributed by atoms with van der Waals surface area (Å²) < 4.78 is 0. The maximum absolute atomic E-state index is 11.0. The van der Waals surface area contributed by atoms with Crippen LogP contribution < -0.4 is 5.32 Å². The van der Waals surface area contributed by atoms with Gasteiger partial charge in [-0.05, 0) is 17.7 Å². The van der Waals surface area contributed by atoms with Crippen LogP contribution in [-0.4, -0.2) is 28.0 Å². The van der Waals surface area contributed by atoms with Crippen LogP contribution in [0.1, 0.15) is 11.6 Å². The molecular formula is C10H10ClNO4. The van der Waals surface area contributed by atoms with E-state index < -0.39 is 17.9 Å². The van der Waals surface area contributed by atoms with Gasteiger partial charge in [-0.2, -0.15) is 0 Å². The van der Waals surface area contributed by atoms with Crippen molar-refractivity contribution >= 4 is 23.5 Å². The van der Waals surface area contributed by atoms with Gasteiger partial charge in [0, 0.05) is 0 Å². The van der Waals surface area contributed by atoms with Crippen molar-refractivity contribution in [1.29, 1.82) is 0 Å². The van der Waals surface area contributed by atoms with Crippen molar-refractivity contribution in [2.24, 2.45) is 0 Å². The highest BCUT2D eigenvalue weighted by molar-refractivity contribution is 6.27. The number of benzene rings is 1. The fourth-order valence-electron chi connectivity index (χ4n) is 1.19. The number of hydrogen-bond donors (Lipinski definition) is 3. The largest absolute Gasteiger partial charge is 0.508 e. The molecule has 5 nitrogen and oxygen atoms in total. The molecule has 1 aromatic carbocycles. The Labute approximate surface area is 96.7 Å². The lowest BCUT2D eigenvalue weighted by molar-refractivity contribution is -0.141. The second-order valence-corrected chi connectivity index (χ2v) is 3.33. The third-order valence-electron chi connectivity index (χ3n) is 1.88. The lowest BCUT2D eigenvalue weighted by Crippen LogP contribution is -2.34. The fourth-order valence-corrected chi connectivity index (χ4v) is 1.27. The van der Waals surface area contributed by atoms with Crippen molar-refractivity contribution in [2.45, 2.75) is 6.04 Å². The molecule has 6 heteroatoms. The summed E-state index contributed by atoms with van der Waals surface area (Å²) in [5, 5.41) is 20.4. The van der Waals surface area contributed by atoms with Gasteiger partial charge < -0.3 is 15.5 Å². The second kappa shape index (κ2) is 5.37. The van der Waals surface area contributed by atoms with Crippen molar-refractivity contribution in [3.63, 3.8) is 0 Å². The minimum atomic E-state index is -1.22. The standard InChI is InChI=1S/C10H10ClNO4/c11-5-8(14)12-9(10(15)16)6-2-1-3-7(13)4-6/h1-4,9,13H,5H2,(H,12,14)(H,15,16). The molecule has 1 aromatic rings. The van der Waals surface area contributed by atoms with Crippen LogP contribution in [0, 0.1) is 0 Å². The number of carbonyl (C=O) groups excluding carboxylic acids is 1. The van der Waals surface area contributed by atoms with Crippen molar-refractivity contribution in [2.75, 3.05) is 5.88 Å². The van der Waals surface area contributed by atoms with Gasteiger partial charge in [-0.1, -0.05) is 12.1 Å². The zero-order valence-electron chi connectivity index (χ0n) is 8.18. The van der Waals surface area contributed by atoms with Crippen LogP contribution in [0.3, 0.4) is 0 Å². The highest BCUT2D eigenvalue weighted by atomic mass is 35.5. The van der Waals surface area contributed by atoms with Gasteiger partial charge in [0.15, 0.2) is 6.04 Å². The minimum absolute atomic E-state index is 0.0659. The van der Waals surface area contributed by atoms with E-state index >= 15 is 0 Å². The smallest absolute Gasteiger partial charge is 0.330 e.